The maximum atomic E-state index is 12.0. The first-order valence-corrected chi connectivity index (χ1v) is 5.69. The van der Waals surface area contributed by atoms with E-state index in [1.807, 2.05) is 0 Å². The van der Waals surface area contributed by atoms with Crippen molar-refractivity contribution < 1.29 is 18.3 Å². The van der Waals surface area contributed by atoms with E-state index >= 15 is 0 Å². The van der Waals surface area contributed by atoms with Gasteiger partial charge in [0.2, 0.25) is 0 Å². The second-order valence-corrected chi connectivity index (χ2v) is 4.54. The number of thiol groups is 1. The first-order chi connectivity index (χ1) is 7.40. The van der Waals surface area contributed by atoms with E-state index in [1.54, 1.807) is 6.07 Å². The predicted molar refractivity (Wildman–Crippen MR) is 62.7 cm³/mol. The van der Waals surface area contributed by atoms with Crippen LogP contribution in [0.2, 0.25) is 0 Å². The fourth-order valence-corrected chi connectivity index (χ4v) is 1.70. The second-order valence-electron chi connectivity index (χ2n) is 3.11. The van der Waals surface area contributed by atoms with Gasteiger partial charge >= 0.3 is 6.61 Å². The molecule has 0 saturated carbocycles. The van der Waals surface area contributed by atoms with Crippen molar-refractivity contribution in [3.63, 3.8) is 0 Å². The Hall–Kier alpha value is -0.620. The molecule has 6 heteroatoms. The maximum Gasteiger partial charge on any atom is 0.387 e. The fourth-order valence-electron chi connectivity index (χ4n) is 1.16. The van der Waals surface area contributed by atoms with Gasteiger partial charge in [0.25, 0.3) is 0 Å². The molecule has 1 atom stereocenters. The highest BCUT2D eigenvalue weighted by atomic mass is 79.9. The third kappa shape index (κ3) is 3.75. The van der Waals surface area contributed by atoms with Gasteiger partial charge in [0, 0.05) is 4.90 Å². The summed E-state index contributed by atoms with van der Waals surface area (Å²) < 4.78 is 28.3. The van der Waals surface area contributed by atoms with E-state index in [-0.39, 0.29) is 11.5 Å². The summed E-state index contributed by atoms with van der Waals surface area (Å²) in [6.45, 7) is -1.49. The van der Waals surface area contributed by atoms with Crippen molar-refractivity contribution in [2.45, 2.75) is 23.3 Å². The zero-order chi connectivity index (χ0) is 12.3. The minimum absolute atomic E-state index is 0.0109. The molecule has 2 nitrogen and oxygen atoms in total. The quantitative estimate of drug-likeness (QED) is 0.679. The van der Waals surface area contributed by atoms with Gasteiger partial charge < -0.3 is 4.74 Å². The van der Waals surface area contributed by atoms with Crippen LogP contribution in [0.1, 0.15) is 17.3 Å². The number of Topliss-reactive ketones (excluding diaryl/α,β-unsaturated/α-hetero) is 1. The van der Waals surface area contributed by atoms with Crippen molar-refractivity contribution >= 4 is 34.3 Å². The number of carbonyl (C=O) groups excluding carboxylic acids is 1. The Morgan fingerprint density at radius 2 is 2.06 bits per heavy atom. The average Bonchev–Trinajstić information content (AvgIpc) is 2.14. The van der Waals surface area contributed by atoms with Crippen molar-refractivity contribution in [1.29, 1.82) is 0 Å². The maximum absolute atomic E-state index is 12.0. The van der Waals surface area contributed by atoms with Crippen molar-refractivity contribution in [2.24, 2.45) is 0 Å². The number of alkyl halides is 3. The molecule has 0 aliphatic carbocycles. The minimum atomic E-state index is -2.89. The molecule has 0 aliphatic rings. The van der Waals surface area contributed by atoms with Crippen LogP contribution in [-0.4, -0.2) is 12.4 Å². The Balaban J connectivity index is 3.02. The number of hydrogen-bond donors (Lipinski definition) is 1. The Labute approximate surface area is 106 Å². The van der Waals surface area contributed by atoms with Crippen LogP contribution in [0.25, 0.3) is 0 Å². The van der Waals surface area contributed by atoms with Crippen LogP contribution in [0.5, 0.6) is 5.75 Å². The van der Waals surface area contributed by atoms with Crippen LogP contribution in [0, 0.1) is 0 Å². The molecule has 0 radical (unpaired) electrons. The lowest BCUT2D eigenvalue weighted by atomic mass is 10.1. The van der Waals surface area contributed by atoms with E-state index in [9.17, 15) is 13.6 Å². The van der Waals surface area contributed by atoms with Gasteiger partial charge in [-0.05, 0) is 30.7 Å². The molecule has 1 rings (SSSR count). The molecule has 0 amide bonds. The van der Waals surface area contributed by atoms with Crippen LogP contribution >= 0.6 is 28.6 Å². The van der Waals surface area contributed by atoms with Crippen LogP contribution < -0.4 is 4.74 Å². The highest BCUT2D eigenvalue weighted by Gasteiger charge is 2.15. The molecule has 1 aromatic carbocycles. The molecule has 0 spiro atoms. The van der Waals surface area contributed by atoms with E-state index in [1.165, 1.54) is 19.1 Å². The number of ketones is 1. The number of hydrogen-bond acceptors (Lipinski definition) is 3. The normalized spacial score (nSPS) is 12.6. The van der Waals surface area contributed by atoms with Gasteiger partial charge in [-0.15, -0.1) is 12.6 Å². The van der Waals surface area contributed by atoms with E-state index in [0.29, 0.717) is 10.5 Å². The van der Waals surface area contributed by atoms with Crippen LogP contribution in [0.3, 0.4) is 0 Å². The molecular weight excluding hydrogens is 302 g/mol. The minimum Gasteiger partial charge on any atom is -0.435 e. The molecule has 0 fully saturated rings. The van der Waals surface area contributed by atoms with Crippen LogP contribution in [-0.2, 0) is 4.79 Å². The molecule has 0 heterocycles. The zero-order valence-electron chi connectivity index (χ0n) is 8.28. The van der Waals surface area contributed by atoms with E-state index in [0.717, 1.165) is 0 Å². The summed E-state index contributed by atoms with van der Waals surface area (Å²) in [6.07, 6.45) is 0. The summed E-state index contributed by atoms with van der Waals surface area (Å²) in [5.74, 6) is -0.134. The number of halogens is 3. The Kier molecular flexibility index (Phi) is 4.73. The third-order valence-corrected chi connectivity index (χ3v) is 3.22. The Morgan fingerprint density at radius 1 is 1.44 bits per heavy atom. The van der Waals surface area contributed by atoms with Crippen molar-refractivity contribution in [3.05, 3.63) is 23.8 Å². The summed E-state index contributed by atoms with van der Waals surface area (Å²) in [6, 6.07) is 4.35. The Morgan fingerprint density at radius 3 is 2.56 bits per heavy atom. The number of benzene rings is 1. The van der Waals surface area contributed by atoms with Gasteiger partial charge in [0.1, 0.15) is 11.5 Å². The summed E-state index contributed by atoms with van der Waals surface area (Å²) in [5.41, 5.74) is 0.538. The molecule has 0 N–H and O–H groups in total. The smallest absolute Gasteiger partial charge is 0.387 e. The fraction of sp³-hybridized carbons (Fsp3) is 0.300. The van der Waals surface area contributed by atoms with Crippen LogP contribution in [0.4, 0.5) is 8.78 Å². The topological polar surface area (TPSA) is 26.3 Å². The van der Waals surface area contributed by atoms with Crippen molar-refractivity contribution in [3.8, 4) is 5.75 Å². The summed E-state index contributed by atoms with van der Waals surface area (Å²) in [5, 5.41) is 0. The van der Waals surface area contributed by atoms with Gasteiger partial charge in [-0.3, -0.25) is 4.79 Å². The largest absolute Gasteiger partial charge is 0.435 e. The summed E-state index contributed by atoms with van der Waals surface area (Å²) in [7, 11) is 0. The van der Waals surface area contributed by atoms with Gasteiger partial charge in [0.05, 0.1) is 4.83 Å². The monoisotopic (exact) mass is 310 g/mol. The van der Waals surface area contributed by atoms with E-state index in [4.69, 9.17) is 0 Å². The number of carbonyl (C=O) groups is 1. The predicted octanol–water partition coefficient (Wildman–Crippen LogP) is 3.60. The SMILES string of the molecule is CC(=O)C(Br)c1cc(S)cc(OC(F)F)c1. The molecule has 0 aliphatic heterocycles. The summed E-state index contributed by atoms with van der Waals surface area (Å²) >= 11 is 7.21. The molecule has 0 bridgehead atoms. The number of rotatable bonds is 4. The van der Waals surface area contributed by atoms with E-state index < -0.39 is 11.4 Å². The zero-order valence-corrected chi connectivity index (χ0v) is 10.8. The lowest BCUT2D eigenvalue weighted by Crippen LogP contribution is -2.05. The van der Waals surface area contributed by atoms with Gasteiger partial charge in [-0.25, -0.2) is 0 Å². The van der Waals surface area contributed by atoms with Crippen LogP contribution in [0.15, 0.2) is 23.1 Å². The number of ether oxygens (including phenoxy) is 1. The first kappa shape index (κ1) is 13.4. The van der Waals surface area contributed by atoms with Gasteiger partial charge in [-0.2, -0.15) is 8.78 Å². The standard InChI is InChI=1S/C10H9BrF2O2S/c1-5(14)9(11)6-2-7(15-10(12)13)4-8(16)3-6/h2-4,9-10,16H,1H3. The van der Waals surface area contributed by atoms with Crippen molar-refractivity contribution in [2.75, 3.05) is 0 Å². The Bertz CT molecular complexity index is 398. The molecule has 1 aromatic rings. The molecule has 0 aromatic heterocycles. The lowest BCUT2D eigenvalue weighted by Gasteiger charge is -2.10. The van der Waals surface area contributed by atoms with Crippen molar-refractivity contribution in [1.82, 2.24) is 0 Å². The molecule has 16 heavy (non-hydrogen) atoms. The lowest BCUT2D eigenvalue weighted by molar-refractivity contribution is -0.116. The second kappa shape index (κ2) is 5.63. The molecule has 0 saturated heterocycles. The highest BCUT2D eigenvalue weighted by Crippen LogP contribution is 2.30. The molecule has 88 valence electrons. The first-order valence-electron chi connectivity index (χ1n) is 4.33. The average molecular weight is 311 g/mol. The highest BCUT2D eigenvalue weighted by molar-refractivity contribution is 9.09. The third-order valence-electron chi connectivity index (χ3n) is 1.79. The molecule has 1 unspecified atom stereocenters. The molecular formula is C10H9BrF2O2S. The van der Waals surface area contributed by atoms with Gasteiger partial charge in [0.15, 0.2) is 0 Å². The summed E-state index contributed by atoms with van der Waals surface area (Å²) in [4.78, 5) is 11.0. The van der Waals surface area contributed by atoms with Gasteiger partial charge in [-0.1, -0.05) is 15.9 Å². The van der Waals surface area contributed by atoms with E-state index in [2.05, 4.69) is 33.3 Å².